The minimum Gasteiger partial charge on any atom is -0.497 e. The molecule has 1 rings (SSSR count). The molecule has 1 aromatic rings. The van der Waals surface area contributed by atoms with Crippen LogP contribution in [0.2, 0.25) is 0 Å². The highest BCUT2D eigenvalue weighted by molar-refractivity contribution is 5.78. The Morgan fingerprint density at radius 3 is 2.74 bits per heavy atom. The lowest BCUT2D eigenvalue weighted by Crippen LogP contribution is -2.39. The van der Waals surface area contributed by atoms with Gasteiger partial charge in [-0.25, -0.2) is 0 Å². The van der Waals surface area contributed by atoms with Crippen LogP contribution in [-0.4, -0.2) is 32.3 Å². The van der Waals surface area contributed by atoms with Gasteiger partial charge in [-0.15, -0.1) is 0 Å². The third-order valence-corrected chi connectivity index (χ3v) is 2.23. The minimum absolute atomic E-state index is 0.173. The zero-order valence-corrected chi connectivity index (χ0v) is 10.4. The van der Waals surface area contributed by atoms with Gasteiger partial charge in [0.2, 0.25) is 5.91 Å². The van der Waals surface area contributed by atoms with Crippen LogP contribution in [0.15, 0.2) is 24.3 Å². The van der Waals surface area contributed by atoms with Gasteiger partial charge in [-0.1, -0.05) is 12.1 Å². The molecule has 1 aromatic carbocycles. The molecule has 2 N–H and O–H groups in total. The van der Waals surface area contributed by atoms with E-state index in [0.29, 0.717) is 12.3 Å². The molecule has 0 aromatic heterocycles. The summed E-state index contributed by atoms with van der Waals surface area (Å²) in [6.45, 7) is -1.11. The third-order valence-electron chi connectivity index (χ3n) is 2.23. The SMILES string of the molecule is COc1cccc(CNCC(=O)NCC(F)(F)F)c1. The number of amides is 1. The van der Waals surface area contributed by atoms with Crippen LogP contribution in [0.1, 0.15) is 5.56 Å². The number of carbonyl (C=O) groups excluding carboxylic acids is 1. The van der Waals surface area contributed by atoms with Crippen molar-refractivity contribution in [1.29, 1.82) is 0 Å². The quantitative estimate of drug-likeness (QED) is 0.827. The minimum atomic E-state index is -4.39. The van der Waals surface area contributed by atoms with Gasteiger partial charge in [0.05, 0.1) is 13.7 Å². The lowest BCUT2D eigenvalue weighted by atomic mass is 10.2. The molecule has 0 radical (unpaired) electrons. The van der Waals surface area contributed by atoms with Crippen LogP contribution in [0.25, 0.3) is 0 Å². The van der Waals surface area contributed by atoms with Gasteiger partial charge in [-0.2, -0.15) is 13.2 Å². The molecule has 0 saturated heterocycles. The van der Waals surface area contributed by atoms with E-state index in [2.05, 4.69) is 5.32 Å². The Balaban J connectivity index is 2.28. The first-order valence-electron chi connectivity index (χ1n) is 5.58. The van der Waals surface area contributed by atoms with E-state index in [0.717, 1.165) is 5.56 Å². The van der Waals surface area contributed by atoms with Crippen molar-refractivity contribution >= 4 is 5.91 Å². The van der Waals surface area contributed by atoms with Crippen LogP contribution in [0.4, 0.5) is 13.2 Å². The first-order valence-corrected chi connectivity index (χ1v) is 5.58. The molecule has 0 aliphatic carbocycles. The van der Waals surface area contributed by atoms with Gasteiger partial charge in [-0.05, 0) is 17.7 Å². The van der Waals surface area contributed by atoms with Gasteiger partial charge in [-0.3, -0.25) is 4.79 Å². The van der Waals surface area contributed by atoms with E-state index < -0.39 is 18.6 Å². The number of methoxy groups -OCH3 is 1. The Hall–Kier alpha value is -1.76. The van der Waals surface area contributed by atoms with Crippen molar-refractivity contribution in [2.24, 2.45) is 0 Å². The van der Waals surface area contributed by atoms with Crippen molar-refractivity contribution in [3.8, 4) is 5.75 Å². The molecule has 106 valence electrons. The molecule has 0 aliphatic rings. The fourth-order valence-corrected chi connectivity index (χ4v) is 1.36. The molecule has 0 spiro atoms. The standard InChI is InChI=1S/C12H15F3N2O2/c1-19-10-4-2-3-9(5-10)6-16-7-11(18)17-8-12(13,14)15/h2-5,16H,6-8H2,1H3,(H,17,18). The number of ether oxygens (including phenoxy) is 1. The van der Waals surface area contributed by atoms with Gasteiger partial charge in [0.1, 0.15) is 12.3 Å². The van der Waals surface area contributed by atoms with Crippen molar-refractivity contribution < 1.29 is 22.7 Å². The van der Waals surface area contributed by atoms with Crippen molar-refractivity contribution in [2.75, 3.05) is 20.2 Å². The van der Waals surface area contributed by atoms with Crippen LogP contribution < -0.4 is 15.4 Å². The maximum absolute atomic E-state index is 11.8. The van der Waals surface area contributed by atoms with E-state index in [4.69, 9.17) is 4.74 Å². The molecule has 0 atom stereocenters. The summed E-state index contributed by atoms with van der Waals surface area (Å²) < 4.78 is 40.5. The molecule has 0 saturated carbocycles. The molecule has 0 unspecified atom stereocenters. The van der Waals surface area contributed by atoms with Crippen LogP contribution in [-0.2, 0) is 11.3 Å². The van der Waals surface area contributed by atoms with Crippen molar-refractivity contribution in [2.45, 2.75) is 12.7 Å². The maximum atomic E-state index is 11.8. The largest absolute Gasteiger partial charge is 0.497 e. The Kier molecular flexibility index (Phi) is 5.62. The monoisotopic (exact) mass is 276 g/mol. The summed E-state index contributed by atoms with van der Waals surface area (Å²) in [5.74, 6) is -0.0129. The first kappa shape index (κ1) is 15.3. The molecule has 1 amide bonds. The van der Waals surface area contributed by atoms with Gasteiger partial charge in [0, 0.05) is 6.54 Å². The number of hydrogen-bond acceptors (Lipinski definition) is 3. The molecule has 19 heavy (non-hydrogen) atoms. The predicted octanol–water partition coefficient (Wildman–Crippen LogP) is 1.46. The molecular weight excluding hydrogens is 261 g/mol. The fraction of sp³-hybridized carbons (Fsp3) is 0.417. The molecule has 0 bridgehead atoms. The number of hydrogen-bond donors (Lipinski definition) is 2. The fourth-order valence-electron chi connectivity index (χ4n) is 1.36. The molecule has 0 aliphatic heterocycles. The summed E-state index contributed by atoms with van der Waals surface area (Å²) in [7, 11) is 1.54. The Morgan fingerprint density at radius 1 is 1.37 bits per heavy atom. The van der Waals surface area contributed by atoms with Gasteiger partial charge in [0.15, 0.2) is 0 Å². The lowest BCUT2D eigenvalue weighted by Gasteiger charge is -2.09. The number of halogens is 3. The number of rotatable bonds is 6. The molecule has 0 fully saturated rings. The van der Waals surface area contributed by atoms with E-state index in [-0.39, 0.29) is 6.54 Å². The van der Waals surface area contributed by atoms with E-state index in [1.165, 1.54) is 7.11 Å². The van der Waals surface area contributed by atoms with Crippen LogP contribution >= 0.6 is 0 Å². The number of carbonyl (C=O) groups is 1. The average molecular weight is 276 g/mol. The third kappa shape index (κ3) is 6.66. The van der Waals surface area contributed by atoms with E-state index >= 15 is 0 Å². The summed E-state index contributed by atoms with van der Waals surface area (Å²) >= 11 is 0. The van der Waals surface area contributed by atoms with E-state index in [9.17, 15) is 18.0 Å². The zero-order valence-electron chi connectivity index (χ0n) is 10.4. The highest BCUT2D eigenvalue weighted by atomic mass is 19.4. The summed E-state index contributed by atoms with van der Waals surface area (Å²) in [4.78, 5) is 11.1. The lowest BCUT2D eigenvalue weighted by molar-refractivity contribution is -0.137. The second-order valence-corrected chi connectivity index (χ2v) is 3.85. The summed E-state index contributed by atoms with van der Waals surface area (Å²) in [6, 6.07) is 7.17. The first-order chi connectivity index (χ1) is 8.90. The average Bonchev–Trinajstić information content (AvgIpc) is 2.36. The van der Waals surface area contributed by atoms with Gasteiger partial charge in [0.25, 0.3) is 0 Å². The Labute approximate surface area is 108 Å². The maximum Gasteiger partial charge on any atom is 0.405 e. The van der Waals surface area contributed by atoms with Crippen molar-refractivity contribution in [3.05, 3.63) is 29.8 Å². The van der Waals surface area contributed by atoms with Gasteiger partial charge < -0.3 is 15.4 Å². The Bertz CT molecular complexity index is 422. The predicted molar refractivity (Wildman–Crippen MR) is 63.8 cm³/mol. The van der Waals surface area contributed by atoms with E-state index in [1.54, 1.807) is 23.5 Å². The molecule has 4 nitrogen and oxygen atoms in total. The van der Waals surface area contributed by atoms with Crippen LogP contribution in [0.5, 0.6) is 5.75 Å². The smallest absolute Gasteiger partial charge is 0.405 e. The summed E-state index contributed by atoms with van der Waals surface area (Å²) in [6.07, 6.45) is -4.39. The highest BCUT2D eigenvalue weighted by Crippen LogP contribution is 2.12. The Morgan fingerprint density at radius 2 is 2.11 bits per heavy atom. The number of alkyl halides is 3. The van der Waals surface area contributed by atoms with E-state index in [1.807, 2.05) is 6.07 Å². The number of benzene rings is 1. The highest BCUT2D eigenvalue weighted by Gasteiger charge is 2.27. The molecular formula is C12H15F3N2O2. The van der Waals surface area contributed by atoms with Gasteiger partial charge >= 0.3 is 6.18 Å². The molecule has 0 heterocycles. The van der Waals surface area contributed by atoms with Crippen LogP contribution in [0.3, 0.4) is 0 Å². The van der Waals surface area contributed by atoms with Crippen LogP contribution in [0, 0.1) is 0 Å². The summed E-state index contributed by atoms with van der Waals surface area (Å²) in [5, 5.41) is 4.53. The topological polar surface area (TPSA) is 50.4 Å². The second-order valence-electron chi connectivity index (χ2n) is 3.85. The van der Waals surface area contributed by atoms with Crippen molar-refractivity contribution in [1.82, 2.24) is 10.6 Å². The van der Waals surface area contributed by atoms with Crippen molar-refractivity contribution in [3.63, 3.8) is 0 Å². The summed E-state index contributed by atoms with van der Waals surface area (Å²) in [5.41, 5.74) is 0.878. The zero-order chi connectivity index (χ0) is 14.3. The second kappa shape index (κ2) is 6.98. The normalized spacial score (nSPS) is 11.2. The molecule has 7 heteroatoms. The number of nitrogens with one attached hydrogen (secondary N) is 2.